The van der Waals surface area contributed by atoms with Crippen LogP contribution in [-0.4, -0.2) is 56.8 Å². The molecule has 2 aromatic rings. The molecule has 2 aromatic heterocycles. The fourth-order valence-electron chi connectivity index (χ4n) is 3.51. The molecule has 2 unspecified atom stereocenters. The minimum Gasteiger partial charge on any atom is -0.481 e. The number of ether oxygens (including phenoxy) is 1. The number of nitriles is 1. The van der Waals surface area contributed by atoms with E-state index < -0.39 is 17.4 Å². The lowest BCUT2D eigenvalue weighted by Crippen LogP contribution is -2.54. The fraction of sp³-hybridized carbons (Fsp3) is 0.444. The van der Waals surface area contributed by atoms with Gasteiger partial charge in [-0.05, 0) is 6.07 Å². The molecule has 136 valence electrons. The third kappa shape index (κ3) is 3.31. The second kappa shape index (κ2) is 7.64. The van der Waals surface area contributed by atoms with Crippen molar-refractivity contribution in [1.82, 2.24) is 19.4 Å². The number of aliphatic carboxylic acids is 1. The number of carbonyl (C=O) groups is 1. The molecule has 1 saturated heterocycles. The molecule has 3 heterocycles. The first-order valence-corrected chi connectivity index (χ1v) is 8.48. The van der Waals surface area contributed by atoms with Gasteiger partial charge >= 0.3 is 5.97 Å². The summed E-state index contributed by atoms with van der Waals surface area (Å²) in [6.45, 7) is 3.98. The molecule has 1 N–H and O–H groups in total. The van der Waals surface area contributed by atoms with Gasteiger partial charge in [-0.3, -0.25) is 14.3 Å². The standard InChI is InChI=1S/C18H21N5O3/c1-14(10-17(24)25)18(12-19,23-6-8-26-9-7-23)15-2-3-16(21-11-15)22-5-4-20-13-22/h2-5,11,13-14H,6-10H2,1H3,(H,24,25). The van der Waals surface area contributed by atoms with Gasteiger partial charge < -0.3 is 9.84 Å². The lowest BCUT2D eigenvalue weighted by molar-refractivity contribution is -0.139. The molecule has 0 aromatic carbocycles. The zero-order valence-electron chi connectivity index (χ0n) is 14.6. The van der Waals surface area contributed by atoms with Crippen molar-refractivity contribution in [2.24, 2.45) is 5.92 Å². The van der Waals surface area contributed by atoms with Gasteiger partial charge in [-0.25, -0.2) is 9.97 Å². The van der Waals surface area contributed by atoms with Crippen molar-refractivity contribution in [3.8, 4) is 11.9 Å². The number of imidazole rings is 1. The summed E-state index contributed by atoms with van der Waals surface area (Å²) >= 11 is 0. The third-order valence-corrected chi connectivity index (χ3v) is 4.83. The highest BCUT2D eigenvalue weighted by molar-refractivity contribution is 5.67. The molecule has 1 aliphatic rings. The summed E-state index contributed by atoms with van der Waals surface area (Å²) in [4.78, 5) is 21.8. The van der Waals surface area contributed by atoms with E-state index in [0.29, 0.717) is 37.7 Å². The molecule has 0 amide bonds. The van der Waals surface area contributed by atoms with Crippen LogP contribution in [0.2, 0.25) is 0 Å². The number of pyridine rings is 1. The number of aromatic nitrogens is 3. The minimum absolute atomic E-state index is 0.103. The van der Waals surface area contributed by atoms with Gasteiger partial charge in [-0.2, -0.15) is 5.26 Å². The molecule has 2 atom stereocenters. The minimum atomic E-state index is -1.07. The summed E-state index contributed by atoms with van der Waals surface area (Å²) in [6, 6.07) is 6.07. The highest BCUT2D eigenvalue weighted by Crippen LogP contribution is 2.38. The predicted octanol–water partition coefficient (Wildman–Crippen LogP) is 1.43. The normalized spacial score (nSPS) is 18.6. The average molecular weight is 355 g/mol. The molecule has 0 radical (unpaired) electrons. The van der Waals surface area contributed by atoms with E-state index in [1.807, 2.05) is 17.0 Å². The summed E-state index contributed by atoms with van der Waals surface area (Å²) < 4.78 is 7.18. The first kappa shape index (κ1) is 18.0. The monoisotopic (exact) mass is 355 g/mol. The molecule has 0 saturated carbocycles. The van der Waals surface area contributed by atoms with Gasteiger partial charge in [0.1, 0.15) is 17.7 Å². The van der Waals surface area contributed by atoms with E-state index in [-0.39, 0.29) is 6.42 Å². The maximum Gasteiger partial charge on any atom is 0.303 e. The van der Waals surface area contributed by atoms with E-state index in [4.69, 9.17) is 4.74 Å². The number of rotatable bonds is 6. The Bertz CT molecular complexity index is 778. The Kier molecular flexibility index (Phi) is 5.30. The quantitative estimate of drug-likeness (QED) is 0.836. The molecule has 3 rings (SSSR count). The van der Waals surface area contributed by atoms with Crippen LogP contribution in [-0.2, 0) is 15.1 Å². The second-order valence-corrected chi connectivity index (χ2v) is 6.35. The Morgan fingerprint density at radius 2 is 2.23 bits per heavy atom. The van der Waals surface area contributed by atoms with Gasteiger partial charge in [0.05, 0.1) is 25.7 Å². The van der Waals surface area contributed by atoms with Crippen LogP contribution in [0.3, 0.4) is 0 Å². The summed E-state index contributed by atoms with van der Waals surface area (Å²) in [5.74, 6) is -0.650. The first-order chi connectivity index (χ1) is 12.6. The molecule has 0 bridgehead atoms. The average Bonchev–Trinajstić information content (AvgIpc) is 3.18. The van der Waals surface area contributed by atoms with Gasteiger partial charge in [-0.1, -0.05) is 13.0 Å². The molecule has 1 fully saturated rings. The SMILES string of the molecule is CC(CC(=O)O)C(C#N)(c1ccc(-n2ccnc2)nc1)N1CCOCC1. The van der Waals surface area contributed by atoms with Gasteiger partial charge in [0.2, 0.25) is 0 Å². The van der Waals surface area contributed by atoms with E-state index in [2.05, 4.69) is 16.0 Å². The first-order valence-electron chi connectivity index (χ1n) is 8.48. The number of carboxylic acids is 1. The zero-order chi connectivity index (χ0) is 18.6. The van der Waals surface area contributed by atoms with Crippen molar-refractivity contribution >= 4 is 5.97 Å². The van der Waals surface area contributed by atoms with E-state index in [9.17, 15) is 15.2 Å². The van der Waals surface area contributed by atoms with Crippen LogP contribution in [0, 0.1) is 17.2 Å². The molecule has 0 spiro atoms. The van der Waals surface area contributed by atoms with Crippen molar-refractivity contribution in [3.63, 3.8) is 0 Å². The highest BCUT2D eigenvalue weighted by Gasteiger charge is 2.45. The summed E-state index contributed by atoms with van der Waals surface area (Å²) in [7, 11) is 0. The predicted molar refractivity (Wildman–Crippen MR) is 92.5 cm³/mol. The number of hydrogen-bond donors (Lipinski definition) is 1. The van der Waals surface area contributed by atoms with Crippen LogP contribution in [0.5, 0.6) is 0 Å². The maximum absolute atomic E-state index is 11.3. The van der Waals surface area contributed by atoms with Crippen LogP contribution >= 0.6 is 0 Å². The Balaban J connectivity index is 2.01. The number of carboxylic acid groups (broad SMARTS) is 1. The second-order valence-electron chi connectivity index (χ2n) is 6.35. The zero-order valence-corrected chi connectivity index (χ0v) is 14.6. The van der Waals surface area contributed by atoms with Crippen LogP contribution in [0.25, 0.3) is 5.82 Å². The molecule has 8 nitrogen and oxygen atoms in total. The maximum atomic E-state index is 11.3. The molecule has 8 heteroatoms. The van der Waals surface area contributed by atoms with Crippen LogP contribution in [0.4, 0.5) is 0 Å². The molecule has 0 aliphatic carbocycles. The number of nitrogens with zero attached hydrogens (tertiary/aromatic N) is 5. The van der Waals surface area contributed by atoms with E-state index in [0.717, 1.165) is 0 Å². The van der Waals surface area contributed by atoms with E-state index in [1.54, 1.807) is 36.4 Å². The van der Waals surface area contributed by atoms with Crippen LogP contribution in [0.1, 0.15) is 18.9 Å². The molecular formula is C18H21N5O3. The van der Waals surface area contributed by atoms with Crippen molar-refractivity contribution in [2.75, 3.05) is 26.3 Å². The van der Waals surface area contributed by atoms with E-state index >= 15 is 0 Å². The Morgan fingerprint density at radius 3 is 2.77 bits per heavy atom. The highest BCUT2D eigenvalue weighted by atomic mass is 16.5. The molecular weight excluding hydrogens is 334 g/mol. The molecule has 1 aliphatic heterocycles. The lowest BCUT2D eigenvalue weighted by Gasteiger charge is -2.44. The van der Waals surface area contributed by atoms with Crippen molar-refractivity contribution in [2.45, 2.75) is 18.9 Å². The molecule has 26 heavy (non-hydrogen) atoms. The van der Waals surface area contributed by atoms with Gasteiger partial charge in [0.25, 0.3) is 0 Å². The summed E-state index contributed by atoms with van der Waals surface area (Å²) in [5.41, 5.74) is -0.373. The largest absolute Gasteiger partial charge is 0.481 e. The van der Waals surface area contributed by atoms with E-state index in [1.165, 1.54) is 0 Å². The van der Waals surface area contributed by atoms with Crippen molar-refractivity contribution < 1.29 is 14.6 Å². The Hall–Kier alpha value is -2.76. The lowest BCUT2D eigenvalue weighted by atomic mass is 9.77. The van der Waals surface area contributed by atoms with Crippen molar-refractivity contribution in [1.29, 1.82) is 5.26 Å². The summed E-state index contributed by atoms with van der Waals surface area (Å²) in [5, 5.41) is 19.4. The van der Waals surface area contributed by atoms with Gasteiger partial charge in [0, 0.05) is 43.2 Å². The fourth-order valence-corrected chi connectivity index (χ4v) is 3.51. The van der Waals surface area contributed by atoms with Crippen LogP contribution in [0.15, 0.2) is 37.1 Å². The summed E-state index contributed by atoms with van der Waals surface area (Å²) in [6.07, 6.45) is 6.65. The third-order valence-electron chi connectivity index (χ3n) is 4.83. The van der Waals surface area contributed by atoms with Gasteiger partial charge in [-0.15, -0.1) is 0 Å². The number of morpholine rings is 1. The smallest absolute Gasteiger partial charge is 0.303 e. The van der Waals surface area contributed by atoms with Gasteiger partial charge in [0.15, 0.2) is 0 Å². The number of hydrogen-bond acceptors (Lipinski definition) is 6. The Morgan fingerprint density at radius 1 is 1.46 bits per heavy atom. The topological polar surface area (TPSA) is 104 Å². The Labute approximate surface area is 151 Å². The van der Waals surface area contributed by atoms with Crippen molar-refractivity contribution in [3.05, 3.63) is 42.6 Å². The van der Waals surface area contributed by atoms with Crippen LogP contribution < -0.4 is 0 Å².